The molecule has 1 saturated carbocycles. The van der Waals surface area contributed by atoms with Crippen molar-refractivity contribution in [3.05, 3.63) is 95.0 Å². The summed E-state index contributed by atoms with van der Waals surface area (Å²) in [6, 6.07) is 26.2. The van der Waals surface area contributed by atoms with Crippen LogP contribution >= 0.6 is 11.6 Å². The number of fused-ring (bicyclic) bond motifs is 2. The highest BCUT2D eigenvalue weighted by atomic mass is 35.5. The van der Waals surface area contributed by atoms with Gasteiger partial charge in [-0.2, -0.15) is 0 Å². The van der Waals surface area contributed by atoms with Crippen molar-refractivity contribution in [2.75, 3.05) is 18.5 Å². The highest BCUT2D eigenvalue weighted by molar-refractivity contribution is 6.30. The number of hydrogen-bond acceptors (Lipinski definition) is 4. The van der Waals surface area contributed by atoms with Gasteiger partial charge in [-0.3, -0.25) is 9.69 Å². The first kappa shape index (κ1) is 23.7. The van der Waals surface area contributed by atoms with E-state index in [0.29, 0.717) is 24.5 Å². The van der Waals surface area contributed by atoms with Gasteiger partial charge >= 0.3 is 0 Å². The van der Waals surface area contributed by atoms with E-state index in [-0.39, 0.29) is 11.4 Å². The summed E-state index contributed by atoms with van der Waals surface area (Å²) in [5, 5.41) is 4.09. The molecule has 0 bridgehead atoms. The number of ether oxygens (including phenoxy) is 1. The fraction of sp³-hybridized carbons (Fsp3) is 0.345. The topological polar surface area (TPSA) is 67.6 Å². The van der Waals surface area contributed by atoms with E-state index >= 15 is 0 Å². The van der Waals surface area contributed by atoms with Crippen LogP contribution in [0, 0.1) is 0 Å². The van der Waals surface area contributed by atoms with Crippen LogP contribution in [0.5, 0.6) is 5.75 Å². The Morgan fingerprint density at radius 3 is 2.46 bits per heavy atom. The van der Waals surface area contributed by atoms with Gasteiger partial charge in [-0.05, 0) is 73.6 Å². The van der Waals surface area contributed by atoms with Crippen molar-refractivity contribution < 1.29 is 9.53 Å². The van der Waals surface area contributed by atoms with Crippen molar-refractivity contribution in [3.8, 4) is 5.75 Å². The average molecular weight is 490 g/mol. The number of carbonyl (C=O) groups is 1. The molecule has 0 saturated heterocycles. The Morgan fingerprint density at radius 1 is 0.971 bits per heavy atom. The van der Waals surface area contributed by atoms with Gasteiger partial charge in [-0.15, -0.1) is 0 Å². The average Bonchev–Trinajstić information content (AvgIpc) is 3.17. The molecule has 3 N–H and O–H groups in total. The predicted octanol–water partition coefficient (Wildman–Crippen LogP) is 5.73. The van der Waals surface area contributed by atoms with Gasteiger partial charge in [0, 0.05) is 29.3 Å². The lowest BCUT2D eigenvalue weighted by Gasteiger charge is -2.48. The summed E-state index contributed by atoms with van der Waals surface area (Å²) >= 11 is 6.19. The van der Waals surface area contributed by atoms with E-state index in [4.69, 9.17) is 22.1 Å². The van der Waals surface area contributed by atoms with Crippen molar-refractivity contribution in [2.24, 2.45) is 5.73 Å². The molecule has 2 aliphatic rings. The molecule has 1 spiro atoms. The molecule has 1 heterocycles. The molecule has 3 aromatic carbocycles. The number of para-hydroxylation sites is 1. The third-order valence-electron chi connectivity index (χ3n) is 7.68. The molecule has 1 aliphatic carbocycles. The summed E-state index contributed by atoms with van der Waals surface area (Å²) in [4.78, 5) is 15.3. The zero-order valence-electron chi connectivity index (χ0n) is 19.9. The fourth-order valence-electron chi connectivity index (χ4n) is 5.85. The summed E-state index contributed by atoms with van der Waals surface area (Å²) in [5.74, 6) is 0.601. The van der Waals surface area contributed by atoms with Crippen molar-refractivity contribution in [3.63, 3.8) is 0 Å². The fourth-order valence-corrected chi connectivity index (χ4v) is 6.04. The van der Waals surface area contributed by atoms with Crippen LogP contribution in [0.4, 0.5) is 5.69 Å². The normalized spacial score (nSPS) is 23.7. The molecule has 5 nitrogen and oxygen atoms in total. The molecule has 0 atom stereocenters. The first-order chi connectivity index (χ1) is 17.0. The Kier molecular flexibility index (Phi) is 6.72. The molecule has 5 rings (SSSR count). The maximum absolute atomic E-state index is 12.7. The number of primary amides is 1. The van der Waals surface area contributed by atoms with Crippen molar-refractivity contribution in [1.29, 1.82) is 0 Å². The SMILES string of the molecule is NC(=O)C1(Nc2cccc(Cl)c2)CCC2(CC1)c1ccccc1CN2CCCOc1ccccc1. The van der Waals surface area contributed by atoms with E-state index in [1.807, 2.05) is 54.6 Å². The van der Waals surface area contributed by atoms with Crippen LogP contribution in [0.3, 0.4) is 0 Å². The number of anilines is 1. The van der Waals surface area contributed by atoms with Crippen molar-refractivity contribution in [2.45, 2.75) is 49.7 Å². The molecule has 3 aromatic rings. The number of nitrogens with one attached hydrogen (secondary N) is 1. The van der Waals surface area contributed by atoms with Crippen molar-refractivity contribution >= 4 is 23.2 Å². The third-order valence-corrected chi connectivity index (χ3v) is 7.92. The summed E-state index contributed by atoms with van der Waals surface area (Å²) in [7, 11) is 0. The van der Waals surface area contributed by atoms with E-state index in [0.717, 1.165) is 43.8 Å². The van der Waals surface area contributed by atoms with E-state index in [2.05, 4.69) is 34.5 Å². The summed E-state index contributed by atoms with van der Waals surface area (Å²) < 4.78 is 5.95. The van der Waals surface area contributed by atoms with Gasteiger partial charge < -0.3 is 15.8 Å². The Bertz CT molecular complexity index is 1180. The number of amides is 1. The maximum atomic E-state index is 12.7. The van der Waals surface area contributed by atoms with Gasteiger partial charge in [-0.25, -0.2) is 0 Å². The number of halogens is 1. The third kappa shape index (κ3) is 4.75. The summed E-state index contributed by atoms with van der Waals surface area (Å²) in [6.07, 6.45) is 3.99. The molecule has 1 aliphatic heterocycles. The highest BCUT2D eigenvalue weighted by Crippen LogP contribution is 2.51. The monoisotopic (exact) mass is 489 g/mol. The lowest BCUT2D eigenvalue weighted by Crippen LogP contribution is -2.57. The molecule has 1 fully saturated rings. The van der Waals surface area contributed by atoms with Gasteiger partial charge in [0.1, 0.15) is 11.3 Å². The smallest absolute Gasteiger partial charge is 0.243 e. The number of nitrogens with two attached hydrogens (primary N) is 1. The quantitative estimate of drug-likeness (QED) is 0.396. The minimum absolute atomic E-state index is 0.0850. The summed E-state index contributed by atoms with van der Waals surface area (Å²) in [6.45, 7) is 2.54. The van der Waals surface area contributed by atoms with Gasteiger partial charge in [0.2, 0.25) is 5.91 Å². The minimum atomic E-state index is -0.782. The summed E-state index contributed by atoms with van der Waals surface area (Å²) in [5.41, 5.74) is 8.73. The van der Waals surface area contributed by atoms with E-state index in [1.54, 1.807) is 0 Å². The Labute approximate surface area is 212 Å². The van der Waals surface area contributed by atoms with Gasteiger partial charge in [0.25, 0.3) is 0 Å². The lowest BCUT2D eigenvalue weighted by atomic mass is 9.68. The largest absolute Gasteiger partial charge is 0.494 e. The second kappa shape index (κ2) is 9.92. The first-order valence-electron chi connectivity index (χ1n) is 12.4. The Hall–Kier alpha value is -3.02. The van der Waals surface area contributed by atoms with Gasteiger partial charge in [0.05, 0.1) is 6.61 Å². The Morgan fingerprint density at radius 2 is 1.71 bits per heavy atom. The molecule has 0 radical (unpaired) electrons. The predicted molar refractivity (Wildman–Crippen MR) is 141 cm³/mol. The lowest BCUT2D eigenvalue weighted by molar-refractivity contribution is -0.124. The number of carbonyl (C=O) groups excluding carboxylic acids is 1. The molecular formula is C29H32ClN3O2. The zero-order valence-corrected chi connectivity index (χ0v) is 20.6. The number of nitrogens with zero attached hydrogens (tertiary/aromatic N) is 1. The highest BCUT2D eigenvalue weighted by Gasteiger charge is 2.52. The van der Waals surface area contributed by atoms with Crippen LogP contribution in [-0.4, -0.2) is 29.5 Å². The standard InChI is InChI=1S/C29H32ClN3O2/c30-23-9-6-10-24(20-23)32-28(27(31)34)14-16-29(17-15-28)26-13-5-4-8-22(26)21-33(29)18-7-19-35-25-11-2-1-3-12-25/h1-6,8-13,20,32H,7,14-19,21H2,(H2,31,34). The molecule has 1 amide bonds. The molecule has 182 valence electrons. The molecule has 35 heavy (non-hydrogen) atoms. The van der Waals surface area contributed by atoms with Crippen LogP contribution in [0.2, 0.25) is 5.02 Å². The maximum Gasteiger partial charge on any atom is 0.243 e. The van der Waals surface area contributed by atoms with Gasteiger partial charge in [-0.1, -0.05) is 60.1 Å². The zero-order chi connectivity index (χ0) is 24.3. The molecule has 0 unspecified atom stereocenters. The minimum Gasteiger partial charge on any atom is -0.494 e. The number of hydrogen-bond donors (Lipinski definition) is 2. The second-order valence-electron chi connectivity index (χ2n) is 9.71. The van der Waals surface area contributed by atoms with Crippen LogP contribution in [0.25, 0.3) is 0 Å². The molecule has 0 aromatic heterocycles. The van der Waals surface area contributed by atoms with Crippen LogP contribution in [0.1, 0.15) is 43.2 Å². The second-order valence-corrected chi connectivity index (χ2v) is 10.1. The van der Waals surface area contributed by atoms with Gasteiger partial charge in [0.15, 0.2) is 0 Å². The first-order valence-corrected chi connectivity index (χ1v) is 12.7. The van der Waals surface area contributed by atoms with E-state index in [9.17, 15) is 4.79 Å². The van der Waals surface area contributed by atoms with E-state index in [1.165, 1.54) is 11.1 Å². The molecular weight excluding hydrogens is 458 g/mol. The molecule has 6 heteroatoms. The Balaban J connectivity index is 1.32. The van der Waals surface area contributed by atoms with Crippen LogP contribution in [-0.2, 0) is 16.9 Å². The number of benzene rings is 3. The van der Waals surface area contributed by atoms with Crippen LogP contribution in [0.15, 0.2) is 78.9 Å². The number of rotatable bonds is 8. The van der Waals surface area contributed by atoms with E-state index < -0.39 is 5.54 Å². The van der Waals surface area contributed by atoms with Crippen LogP contribution < -0.4 is 15.8 Å². The van der Waals surface area contributed by atoms with Crippen molar-refractivity contribution in [1.82, 2.24) is 4.90 Å².